The van der Waals surface area contributed by atoms with Gasteiger partial charge in [0.25, 0.3) is 0 Å². The van der Waals surface area contributed by atoms with Gasteiger partial charge in [-0.1, -0.05) is 20.4 Å². The summed E-state index contributed by atoms with van der Waals surface area (Å²) < 4.78 is 9.65. The number of ether oxygens (including phenoxy) is 2. The van der Waals surface area contributed by atoms with Crippen LogP contribution in [0.15, 0.2) is 12.7 Å². The fourth-order valence-corrected chi connectivity index (χ4v) is 0.804. The normalized spacial score (nSPS) is 11.8. The molecule has 0 saturated carbocycles. The number of carbonyl (C=O) groups excluding carboxylic acids is 2. The number of alkyl carbamates (subject to hydrolysis) is 1. The molecule has 0 aromatic heterocycles. The van der Waals surface area contributed by atoms with Gasteiger partial charge in [-0.25, -0.2) is 9.59 Å². The first-order valence-electron chi connectivity index (χ1n) is 5.19. The van der Waals surface area contributed by atoms with Gasteiger partial charge in [0, 0.05) is 12.6 Å². The Morgan fingerprint density at radius 2 is 2.00 bits per heavy atom. The number of hydrogen-bond donors (Lipinski definition) is 1. The number of nitrogens with one attached hydrogen (secondary N) is 1. The zero-order valence-electron chi connectivity index (χ0n) is 9.99. The molecule has 0 aliphatic heterocycles. The second-order valence-electron chi connectivity index (χ2n) is 3.82. The standard InChI is InChI=1S/C11H19NO4/c1-5-10(13)15-7-9(4)16-11(14)12-6-8(2)3/h5,8-9H,1,6-7H2,2-4H3,(H,12,14). The molecular formula is C11H19NO4. The first kappa shape index (κ1) is 14.5. The highest BCUT2D eigenvalue weighted by atomic mass is 16.6. The third-order valence-electron chi connectivity index (χ3n) is 1.59. The molecule has 0 heterocycles. The third-order valence-corrected chi connectivity index (χ3v) is 1.59. The van der Waals surface area contributed by atoms with E-state index < -0.39 is 18.2 Å². The second kappa shape index (κ2) is 7.73. The molecule has 0 aromatic carbocycles. The van der Waals surface area contributed by atoms with Crippen LogP contribution in [0.3, 0.4) is 0 Å². The number of hydrogen-bond acceptors (Lipinski definition) is 4. The van der Waals surface area contributed by atoms with Gasteiger partial charge in [-0.15, -0.1) is 0 Å². The van der Waals surface area contributed by atoms with Crippen molar-refractivity contribution in [2.45, 2.75) is 26.9 Å². The van der Waals surface area contributed by atoms with Crippen LogP contribution < -0.4 is 5.32 Å². The molecule has 16 heavy (non-hydrogen) atoms. The minimum Gasteiger partial charge on any atom is -0.459 e. The average Bonchev–Trinajstić information content (AvgIpc) is 2.23. The highest BCUT2D eigenvalue weighted by Crippen LogP contribution is 1.95. The molecule has 0 fully saturated rings. The third kappa shape index (κ3) is 7.84. The minimum absolute atomic E-state index is 0.0277. The zero-order chi connectivity index (χ0) is 12.6. The molecule has 0 radical (unpaired) electrons. The maximum atomic E-state index is 11.2. The molecule has 0 aliphatic carbocycles. The lowest BCUT2D eigenvalue weighted by Crippen LogP contribution is -2.32. The van der Waals surface area contributed by atoms with E-state index in [-0.39, 0.29) is 6.61 Å². The smallest absolute Gasteiger partial charge is 0.407 e. The summed E-state index contributed by atoms with van der Waals surface area (Å²) >= 11 is 0. The van der Waals surface area contributed by atoms with Crippen LogP contribution in [-0.2, 0) is 14.3 Å². The topological polar surface area (TPSA) is 64.6 Å². The monoisotopic (exact) mass is 229 g/mol. The molecule has 0 rings (SSSR count). The van der Waals surface area contributed by atoms with Crippen LogP contribution in [0.4, 0.5) is 4.79 Å². The lowest BCUT2D eigenvalue weighted by molar-refractivity contribution is -0.140. The lowest BCUT2D eigenvalue weighted by atomic mass is 10.2. The Morgan fingerprint density at radius 3 is 2.50 bits per heavy atom. The largest absolute Gasteiger partial charge is 0.459 e. The van der Waals surface area contributed by atoms with Gasteiger partial charge in [-0.3, -0.25) is 0 Å². The van der Waals surface area contributed by atoms with Gasteiger partial charge in [0.2, 0.25) is 0 Å². The first-order valence-corrected chi connectivity index (χ1v) is 5.19. The van der Waals surface area contributed by atoms with Crippen LogP contribution in [-0.4, -0.2) is 31.3 Å². The summed E-state index contributed by atoms with van der Waals surface area (Å²) in [7, 11) is 0. The average molecular weight is 229 g/mol. The van der Waals surface area contributed by atoms with Crippen LogP contribution in [0.2, 0.25) is 0 Å². The van der Waals surface area contributed by atoms with E-state index in [0.29, 0.717) is 12.5 Å². The van der Waals surface area contributed by atoms with Gasteiger partial charge in [0.05, 0.1) is 0 Å². The Bertz CT molecular complexity index is 250. The van der Waals surface area contributed by atoms with Crippen molar-refractivity contribution in [3.8, 4) is 0 Å². The van der Waals surface area contributed by atoms with Crippen LogP contribution in [0.25, 0.3) is 0 Å². The maximum absolute atomic E-state index is 11.2. The predicted molar refractivity (Wildman–Crippen MR) is 59.9 cm³/mol. The van der Waals surface area contributed by atoms with Gasteiger partial charge in [-0.2, -0.15) is 0 Å². The lowest BCUT2D eigenvalue weighted by Gasteiger charge is -2.14. The number of rotatable bonds is 6. The number of amides is 1. The summed E-state index contributed by atoms with van der Waals surface area (Å²) in [5, 5.41) is 2.59. The Kier molecular flexibility index (Phi) is 7.00. The summed E-state index contributed by atoms with van der Waals surface area (Å²) in [5.41, 5.74) is 0. The molecule has 1 unspecified atom stereocenters. The van der Waals surface area contributed by atoms with Crippen LogP contribution >= 0.6 is 0 Å². The summed E-state index contributed by atoms with van der Waals surface area (Å²) in [4.78, 5) is 21.9. The van der Waals surface area contributed by atoms with Gasteiger partial charge >= 0.3 is 12.1 Å². The molecule has 92 valence electrons. The van der Waals surface area contributed by atoms with Crippen molar-refractivity contribution in [2.24, 2.45) is 5.92 Å². The summed E-state index contributed by atoms with van der Waals surface area (Å²) in [6.07, 6.45) is 0.0814. The summed E-state index contributed by atoms with van der Waals surface area (Å²) in [5.74, 6) is -0.167. The van der Waals surface area contributed by atoms with Crippen molar-refractivity contribution < 1.29 is 19.1 Å². The van der Waals surface area contributed by atoms with E-state index >= 15 is 0 Å². The van der Waals surface area contributed by atoms with Crippen molar-refractivity contribution in [1.29, 1.82) is 0 Å². The van der Waals surface area contributed by atoms with Crippen molar-refractivity contribution in [3.63, 3.8) is 0 Å². The van der Waals surface area contributed by atoms with Crippen LogP contribution in [0.1, 0.15) is 20.8 Å². The molecule has 0 aliphatic rings. The van der Waals surface area contributed by atoms with Crippen molar-refractivity contribution in [3.05, 3.63) is 12.7 Å². The van der Waals surface area contributed by atoms with E-state index in [0.717, 1.165) is 6.08 Å². The maximum Gasteiger partial charge on any atom is 0.407 e. The van der Waals surface area contributed by atoms with Gasteiger partial charge in [0.15, 0.2) is 0 Å². The van der Waals surface area contributed by atoms with Crippen molar-refractivity contribution in [2.75, 3.05) is 13.2 Å². The van der Waals surface area contributed by atoms with Crippen LogP contribution in [0.5, 0.6) is 0 Å². The van der Waals surface area contributed by atoms with E-state index in [2.05, 4.69) is 11.9 Å². The van der Waals surface area contributed by atoms with Gasteiger partial charge in [-0.05, 0) is 12.8 Å². The Labute approximate surface area is 95.8 Å². The summed E-state index contributed by atoms with van der Waals surface area (Å²) in [6, 6.07) is 0. The van der Waals surface area contributed by atoms with E-state index in [1.807, 2.05) is 13.8 Å². The highest BCUT2D eigenvalue weighted by molar-refractivity contribution is 5.81. The Balaban J connectivity index is 3.69. The SMILES string of the molecule is C=CC(=O)OCC(C)OC(=O)NCC(C)C. The highest BCUT2D eigenvalue weighted by Gasteiger charge is 2.10. The molecule has 1 N–H and O–H groups in total. The molecule has 1 atom stereocenters. The van der Waals surface area contributed by atoms with E-state index in [1.165, 1.54) is 0 Å². The molecule has 0 bridgehead atoms. The van der Waals surface area contributed by atoms with Crippen molar-refractivity contribution in [1.82, 2.24) is 5.32 Å². The predicted octanol–water partition coefficient (Wildman–Crippen LogP) is 1.49. The fraction of sp³-hybridized carbons (Fsp3) is 0.636. The zero-order valence-corrected chi connectivity index (χ0v) is 9.99. The number of carbonyl (C=O) groups is 2. The fourth-order valence-electron chi connectivity index (χ4n) is 0.804. The molecule has 5 heteroatoms. The second-order valence-corrected chi connectivity index (χ2v) is 3.82. The minimum atomic E-state index is -0.530. The van der Waals surface area contributed by atoms with Crippen LogP contribution in [0, 0.1) is 5.92 Å². The molecular weight excluding hydrogens is 210 g/mol. The Hall–Kier alpha value is -1.52. The molecule has 0 aromatic rings. The summed E-state index contributed by atoms with van der Waals surface area (Å²) in [6.45, 7) is 9.44. The molecule has 0 spiro atoms. The first-order chi connectivity index (χ1) is 7.45. The number of esters is 1. The van der Waals surface area contributed by atoms with E-state index in [9.17, 15) is 9.59 Å². The molecule has 5 nitrogen and oxygen atoms in total. The van der Waals surface area contributed by atoms with Crippen molar-refractivity contribution >= 4 is 12.1 Å². The van der Waals surface area contributed by atoms with E-state index in [1.54, 1.807) is 6.92 Å². The van der Waals surface area contributed by atoms with Gasteiger partial charge in [0.1, 0.15) is 12.7 Å². The Morgan fingerprint density at radius 1 is 1.38 bits per heavy atom. The molecule has 1 amide bonds. The van der Waals surface area contributed by atoms with Gasteiger partial charge < -0.3 is 14.8 Å². The van der Waals surface area contributed by atoms with E-state index in [4.69, 9.17) is 9.47 Å². The quantitative estimate of drug-likeness (QED) is 0.553. The molecule has 0 saturated heterocycles.